The van der Waals surface area contributed by atoms with Crippen LogP contribution in [0.3, 0.4) is 0 Å². The summed E-state index contributed by atoms with van der Waals surface area (Å²) in [6.45, 7) is 2.31. The quantitative estimate of drug-likeness (QED) is 0.763. The van der Waals surface area contributed by atoms with Gasteiger partial charge in [-0.2, -0.15) is 0 Å². The number of hydrogen-bond acceptors (Lipinski definition) is 2. The number of amides is 1. The van der Waals surface area contributed by atoms with Crippen molar-refractivity contribution in [2.45, 2.75) is 57.5 Å². The molecular formula is C13H24N2O. The normalized spacial score (nSPS) is 32.1. The van der Waals surface area contributed by atoms with E-state index < -0.39 is 0 Å². The van der Waals surface area contributed by atoms with E-state index in [1.807, 2.05) is 0 Å². The minimum absolute atomic E-state index is 0.230. The highest BCUT2D eigenvalue weighted by molar-refractivity contribution is 5.78. The lowest BCUT2D eigenvalue weighted by Gasteiger charge is -2.30. The molecule has 2 aliphatic rings. The van der Waals surface area contributed by atoms with Gasteiger partial charge in [0.2, 0.25) is 5.91 Å². The van der Waals surface area contributed by atoms with E-state index in [2.05, 4.69) is 17.6 Å². The first-order valence-electron chi connectivity index (χ1n) is 6.68. The summed E-state index contributed by atoms with van der Waals surface area (Å²) in [4.78, 5) is 11.5. The maximum atomic E-state index is 11.5. The summed E-state index contributed by atoms with van der Waals surface area (Å²) in [5, 5.41) is 6.49. The van der Waals surface area contributed by atoms with Crippen LogP contribution in [-0.2, 0) is 4.79 Å². The van der Waals surface area contributed by atoms with Gasteiger partial charge in [0, 0.05) is 25.0 Å². The van der Waals surface area contributed by atoms with Crippen molar-refractivity contribution in [1.82, 2.24) is 10.6 Å². The summed E-state index contributed by atoms with van der Waals surface area (Å²) in [6.07, 6.45) is 7.23. The van der Waals surface area contributed by atoms with Gasteiger partial charge in [-0.3, -0.25) is 4.79 Å². The van der Waals surface area contributed by atoms with E-state index in [1.165, 1.54) is 12.8 Å². The zero-order valence-electron chi connectivity index (χ0n) is 10.5. The molecule has 0 aromatic carbocycles. The van der Waals surface area contributed by atoms with E-state index >= 15 is 0 Å². The van der Waals surface area contributed by atoms with Gasteiger partial charge >= 0.3 is 0 Å². The molecule has 0 radical (unpaired) electrons. The highest BCUT2D eigenvalue weighted by Crippen LogP contribution is 2.33. The Balaban J connectivity index is 1.70. The van der Waals surface area contributed by atoms with E-state index in [1.54, 1.807) is 7.05 Å². The Kier molecular flexibility index (Phi) is 3.85. The fourth-order valence-corrected chi connectivity index (χ4v) is 2.83. The minimum Gasteiger partial charge on any atom is -0.359 e. The second kappa shape index (κ2) is 5.17. The van der Waals surface area contributed by atoms with E-state index in [0.29, 0.717) is 12.1 Å². The van der Waals surface area contributed by atoms with Gasteiger partial charge in [-0.1, -0.05) is 0 Å². The lowest BCUT2D eigenvalue weighted by Crippen LogP contribution is -2.42. The summed E-state index contributed by atoms with van der Waals surface area (Å²) >= 11 is 0. The molecule has 0 bridgehead atoms. The van der Waals surface area contributed by atoms with E-state index in [9.17, 15) is 4.79 Å². The Morgan fingerprint density at radius 1 is 1.12 bits per heavy atom. The molecule has 16 heavy (non-hydrogen) atoms. The maximum absolute atomic E-state index is 11.5. The average molecular weight is 224 g/mol. The number of nitrogens with one attached hydrogen (secondary N) is 2. The number of hydrogen-bond donors (Lipinski definition) is 2. The smallest absolute Gasteiger partial charge is 0.222 e. The second-order valence-corrected chi connectivity index (χ2v) is 5.46. The topological polar surface area (TPSA) is 41.1 Å². The van der Waals surface area contributed by atoms with Crippen LogP contribution in [0.15, 0.2) is 0 Å². The van der Waals surface area contributed by atoms with Gasteiger partial charge in [0.25, 0.3) is 0 Å². The molecular weight excluding hydrogens is 200 g/mol. The molecule has 0 aliphatic heterocycles. The highest BCUT2D eigenvalue weighted by Gasteiger charge is 2.31. The Hall–Kier alpha value is -0.570. The van der Waals surface area contributed by atoms with Crippen molar-refractivity contribution in [2.75, 3.05) is 7.05 Å². The zero-order chi connectivity index (χ0) is 11.5. The summed E-state index contributed by atoms with van der Waals surface area (Å²) in [5.74, 6) is 1.42. The Morgan fingerprint density at radius 2 is 1.75 bits per heavy atom. The molecule has 1 atom stereocenters. The third-order valence-corrected chi connectivity index (χ3v) is 4.17. The van der Waals surface area contributed by atoms with Crippen LogP contribution < -0.4 is 10.6 Å². The van der Waals surface area contributed by atoms with Crippen LogP contribution in [0.1, 0.15) is 45.4 Å². The molecule has 1 amide bonds. The Morgan fingerprint density at radius 3 is 2.25 bits per heavy atom. The number of rotatable bonds is 4. The molecule has 0 aromatic rings. The Bertz CT molecular complexity index is 242. The van der Waals surface area contributed by atoms with Gasteiger partial charge in [-0.25, -0.2) is 0 Å². The van der Waals surface area contributed by atoms with Crippen molar-refractivity contribution in [3.8, 4) is 0 Å². The van der Waals surface area contributed by atoms with Gasteiger partial charge in [-0.05, 0) is 51.4 Å². The maximum Gasteiger partial charge on any atom is 0.222 e. The monoisotopic (exact) mass is 224 g/mol. The molecule has 3 heteroatoms. The largest absolute Gasteiger partial charge is 0.359 e. The highest BCUT2D eigenvalue weighted by atomic mass is 16.1. The molecule has 0 spiro atoms. The first kappa shape index (κ1) is 11.9. The second-order valence-electron chi connectivity index (χ2n) is 5.46. The molecule has 0 saturated heterocycles. The van der Waals surface area contributed by atoms with E-state index in [-0.39, 0.29) is 11.8 Å². The molecule has 2 rings (SSSR count). The van der Waals surface area contributed by atoms with E-state index in [0.717, 1.165) is 31.6 Å². The van der Waals surface area contributed by atoms with Crippen LogP contribution >= 0.6 is 0 Å². The predicted molar refractivity (Wildman–Crippen MR) is 65.1 cm³/mol. The fraction of sp³-hybridized carbons (Fsp3) is 0.923. The van der Waals surface area contributed by atoms with Crippen molar-refractivity contribution in [3.05, 3.63) is 0 Å². The number of carbonyl (C=O) groups is 1. The van der Waals surface area contributed by atoms with Gasteiger partial charge < -0.3 is 10.6 Å². The first-order valence-corrected chi connectivity index (χ1v) is 6.68. The molecule has 2 saturated carbocycles. The van der Waals surface area contributed by atoms with Gasteiger partial charge in [0.1, 0.15) is 0 Å². The molecule has 2 fully saturated rings. The molecule has 2 N–H and O–H groups in total. The van der Waals surface area contributed by atoms with Gasteiger partial charge in [0.15, 0.2) is 0 Å². The third kappa shape index (κ3) is 2.97. The van der Waals surface area contributed by atoms with Gasteiger partial charge in [-0.15, -0.1) is 0 Å². The summed E-state index contributed by atoms with van der Waals surface area (Å²) in [6, 6.07) is 1.33. The molecule has 92 valence electrons. The van der Waals surface area contributed by atoms with Crippen LogP contribution in [0.25, 0.3) is 0 Å². The fourth-order valence-electron chi connectivity index (χ4n) is 2.83. The SMILES string of the molecule is CNC(=O)C1CCC(NC(C)C2CC2)CC1. The molecule has 1 unspecified atom stereocenters. The van der Waals surface area contributed by atoms with Crippen LogP contribution in [0, 0.1) is 11.8 Å². The molecule has 0 heterocycles. The van der Waals surface area contributed by atoms with Crippen molar-refractivity contribution >= 4 is 5.91 Å². The Labute approximate surface area is 98.4 Å². The van der Waals surface area contributed by atoms with Crippen LogP contribution in [0.5, 0.6) is 0 Å². The lowest BCUT2D eigenvalue weighted by atomic mass is 9.85. The van der Waals surface area contributed by atoms with Crippen LogP contribution in [0.2, 0.25) is 0 Å². The molecule has 3 nitrogen and oxygen atoms in total. The molecule has 0 aromatic heterocycles. The van der Waals surface area contributed by atoms with E-state index in [4.69, 9.17) is 0 Å². The first-order chi connectivity index (χ1) is 7.70. The van der Waals surface area contributed by atoms with Crippen molar-refractivity contribution in [3.63, 3.8) is 0 Å². The van der Waals surface area contributed by atoms with Crippen molar-refractivity contribution in [1.29, 1.82) is 0 Å². The van der Waals surface area contributed by atoms with Crippen LogP contribution in [-0.4, -0.2) is 25.0 Å². The van der Waals surface area contributed by atoms with Crippen molar-refractivity contribution in [2.24, 2.45) is 11.8 Å². The standard InChI is InChI=1S/C13H24N2O/c1-9(10-3-4-10)15-12-7-5-11(6-8-12)13(16)14-2/h9-12,15H,3-8H2,1-2H3,(H,14,16). The summed E-state index contributed by atoms with van der Waals surface area (Å²) < 4.78 is 0. The van der Waals surface area contributed by atoms with Crippen LogP contribution in [0.4, 0.5) is 0 Å². The van der Waals surface area contributed by atoms with Gasteiger partial charge in [0.05, 0.1) is 0 Å². The van der Waals surface area contributed by atoms with Crippen molar-refractivity contribution < 1.29 is 4.79 Å². The average Bonchev–Trinajstić information content (AvgIpc) is 3.13. The summed E-state index contributed by atoms with van der Waals surface area (Å²) in [5.41, 5.74) is 0. The number of carbonyl (C=O) groups excluding carboxylic acids is 1. The summed E-state index contributed by atoms with van der Waals surface area (Å²) in [7, 11) is 1.74. The zero-order valence-corrected chi connectivity index (χ0v) is 10.5. The molecule has 2 aliphatic carbocycles. The minimum atomic E-state index is 0.230. The lowest BCUT2D eigenvalue weighted by molar-refractivity contribution is -0.125. The third-order valence-electron chi connectivity index (χ3n) is 4.17. The predicted octanol–water partition coefficient (Wildman–Crippen LogP) is 1.68.